The van der Waals surface area contributed by atoms with Crippen molar-refractivity contribution in [1.82, 2.24) is 0 Å². The summed E-state index contributed by atoms with van der Waals surface area (Å²) in [6.07, 6.45) is 0. The Morgan fingerprint density at radius 1 is 1.21 bits per heavy atom. The maximum atomic E-state index is 5.66. The summed E-state index contributed by atoms with van der Waals surface area (Å²) in [6.45, 7) is 2.05. The molecule has 1 nitrogen and oxygen atoms in total. The first-order chi connectivity index (χ1) is 6.79. The summed E-state index contributed by atoms with van der Waals surface area (Å²) < 4.78 is 0. The molecule has 2 N–H and O–H groups in total. The molecular weight excluding hydrogens is 210 g/mol. The topological polar surface area (TPSA) is 26.0 Å². The van der Waals surface area contributed by atoms with E-state index >= 15 is 0 Å². The van der Waals surface area contributed by atoms with E-state index in [1.54, 1.807) is 0 Å². The van der Waals surface area contributed by atoms with Gasteiger partial charge in [0, 0.05) is 28.2 Å². The Morgan fingerprint density at radius 3 is 2.57 bits per heavy atom. The van der Waals surface area contributed by atoms with Gasteiger partial charge in [0.15, 0.2) is 0 Å². The molecule has 0 fully saturated rings. The molecule has 3 heteroatoms. The summed E-state index contributed by atoms with van der Waals surface area (Å²) >= 11 is 3.85. The van der Waals surface area contributed by atoms with E-state index in [1.807, 2.05) is 23.5 Å². The highest BCUT2D eigenvalue weighted by Gasteiger charge is 1.95. The molecule has 1 aromatic rings. The van der Waals surface area contributed by atoms with Crippen molar-refractivity contribution < 1.29 is 0 Å². The average molecular weight is 227 g/mol. The van der Waals surface area contributed by atoms with Gasteiger partial charge in [-0.1, -0.05) is 18.2 Å². The van der Waals surface area contributed by atoms with E-state index in [0.717, 1.165) is 5.75 Å². The summed E-state index contributed by atoms with van der Waals surface area (Å²) in [5.41, 5.74) is 5.66. The van der Waals surface area contributed by atoms with Crippen LogP contribution in [-0.2, 0) is 0 Å². The summed E-state index contributed by atoms with van der Waals surface area (Å²) in [5.74, 6) is 3.41. The molecular formula is C11H17NS2. The Labute approximate surface area is 94.8 Å². The lowest BCUT2D eigenvalue weighted by molar-refractivity contribution is 0.847. The van der Waals surface area contributed by atoms with Crippen molar-refractivity contribution in [2.75, 3.05) is 17.3 Å². The Kier molecular flexibility index (Phi) is 6.15. The Hall–Kier alpha value is -0.120. The van der Waals surface area contributed by atoms with Gasteiger partial charge >= 0.3 is 0 Å². The summed E-state index contributed by atoms with van der Waals surface area (Å²) in [4.78, 5) is 1.36. The highest BCUT2D eigenvalue weighted by Crippen LogP contribution is 2.18. The second kappa shape index (κ2) is 7.21. The van der Waals surface area contributed by atoms with Crippen LogP contribution in [0.1, 0.15) is 6.92 Å². The van der Waals surface area contributed by atoms with Gasteiger partial charge in [0.25, 0.3) is 0 Å². The van der Waals surface area contributed by atoms with E-state index in [1.165, 1.54) is 16.4 Å². The van der Waals surface area contributed by atoms with Crippen molar-refractivity contribution in [3.63, 3.8) is 0 Å². The molecule has 0 aliphatic carbocycles. The van der Waals surface area contributed by atoms with Crippen molar-refractivity contribution in [3.05, 3.63) is 30.3 Å². The fraction of sp³-hybridized carbons (Fsp3) is 0.455. The molecule has 0 saturated carbocycles. The van der Waals surface area contributed by atoms with E-state index in [9.17, 15) is 0 Å². The third-order valence-electron chi connectivity index (χ3n) is 1.62. The zero-order valence-corrected chi connectivity index (χ0v) is 10.1. The van der Waals surface area contributed by atoms with Crippen LogP contribution < -0.4 is 5.73 Å². The van der Waals surface area contributed by atoms with Crippen LogP contribution in [0.5, 0.6) is 0 Å². The molecule has 0 bridgehead atoms. The first-order valence-corrected chi connectivity index (χ1v) is 6.94. The third kappa shape index (κ3) is 5.58. The van der Waals surface area contributed by atoms with Gasteiger partial charge in [-0.25, -0.2) is 0 Å². The van der Waals surface area contributed by atoms with Crippen molar-refractivity contribution in [1.29, 1.82) is 0 Å². The Balaban J connectivity index is 2.05. The van der Waals surface area contributed by atoms with Gasteiger partial charge in [-0.3, -0.25) is 0 Å². The lowest BCUT2D eigenvalue weighted by atomic mass is 10.4. The maximum absolute atomic E-state index is 5.66. The number of thioether (sulfide) groups is 2. The molecule has 0 aliphatic heterocycles. The van der Waals surface area contributed by atoms with Crippen LogP contribution in [0.15, 0.2) is 35.2 Å². The highest BCUT2D eigenvalue weighted by molar-refractivity contribution is 8.03. The molecule has 0 saturated heterocycles. The Bertz CT molecular complexity index is 236. The quantitative estimate of drug-likeness (QED) is 0.598. The van der Waals surface area contributed by atoms with E-state index in [2.05, 4.69) is 37.3 Å². The van der Waals surface area contributed by atoms with Crippen LogP contribution in [0.25, 0.3) is 0 Å². The first kappa shape index (κ1) is 12.0. The molecule has 1 unspecified atom stereocenters. The predicted molar refractivity (Wildman–Crippen MR) is 68.1 cm³/mol. The van der Waals surface area contributed by atoms with E-state index in [0.29, 0.717) is 6.04 Å². The zero-order chi connectivity index (χ0) is 10.2. The number of hydrogen-bond donors (Lipinski definition) is 1. The number of nitrogens with two attached hydrogens (primary N) is 1. The monoisotopic (exact) mass is 227 g/mol. The minimum Gasteiger partial charge on any atom is -0.327 e. The summed E-state index contributed by atoms with van der Waals surface area (Å²) in [6, 6.07) is 10.8. The summed E-state index contributed by atoms with van der Waals surface area (Å²) in [7, 11) is 0. The van der Waals surface area contributed by atoms with Gasteiger partial charge < -0.3 is 5.73 Å². The average Bonchev–Trinajstić information content (AvgIpc) is 2.18. The lowest BCUT2D eigenvalue weighted by Gasteiger charge is -2.04. The third-order valence-corrected chi connectivity index (χ3v) is 4.15. The molecule has 0 spiro atoms. The number of benzene rings is 1. The van der Waals surface area contributed by atoms with E-state index < -0.39 is 0 Å². The molecule has 0 radical (unpaired) electrons. The molecule has 78 valence electrons. The SMILES string of the molecule is CC(N)CSCCSc1ccccc1. The maximum Gasteiger partial charge on any atom is 0.0101 e. The fourth-order valence-corrected chi connectivity index (χ4v) is 2.93. The Morgan fingerprint density at radius 2 is 1.93 bits per heavy atom. The molecule has 0 heterocycles. The summed E-state index contributed by atoms with van der Waals surface area (Å²) in [5, 5.41) is 0. The van der Waals surface area contributed by atoms with Gasteiger partial charge in [-0.15, -0.1) is 11.8 Å². The van der Waals surface area contributed by atoms with Crippen molar-refractivity contribution in [3.8, 4) is 0 Å². The largest absolute Gasteiger partial charge is 0.327 e. The molecule has 1 aromatic carbocycles. The predicted octanol–water partition coefficient (Wildman–Crippen LogP) is 2.86. The zero-order valence-electron chi connectivity index (χ0n) is 8.48. The molecule has 0 amide bonds. The van der Waals surface area contributed by atoms with Crippen LogP contribution in [0.3, 0.4) is 0 Å². The first-order valence-electron chi connectivity index (χ1n) is 4.80. The van der Waals surface area contributed by atoms with Gasteiger partial charge in [0.2, 0.25) is 0 Å². The highest BCUT2D eigenvalue weighted by atomic mass is 32.2. The molecule has 14 heavy (non-hydrogen) atoms. The minimum absolute atomic E-state index is 0.321. The van der Waals surface area contributed by atoms with Crippen molar-refractivity contribution >= 4 is 23.5 Å². The number of rotatable bonds is 6. The standard InChI is InChI=1S/C11H17NS2/c1-10(12)9-13-7-8-14-11-5-3-2-4-6-11/h2-6,10H,7-9,12H2,1H3. The fourth-order valence-electron chi connectivity index (χ4n) is 1.00. The van der Waals surface area contributed by atoms with Gasteiger partial charge in [-0.05, 0) is 19.1 Å². The van der Waals surface area contributed by atoms with Crippen LogP contribution in [-0.4, -0.2) is 23.3 Å². The van der Waals surface area contributed by atoms with Gasteiger partial charge in [0.05, 0.1) is 0 Å². The lowest BCUT2D eigenvalue weighted by Crippen LogP contribution is -2.17. The van der Waals surface area contributed by atoms with Gasteiger partial charge in [0.1, 0.15) is 0 Å². The second-order valence-electron chi connectivity index (χ2n) is 3.21. The van der Waals surface area contributed by atoms with Crippen LogP contribution in [0, 0.1) is 0 Å². The van der Waals surface area contributed by atoms with Gasteiger partial charge in [-0.2, -0.15) is 11.8 Å². The molecule has 0 aromatic heterocycles. The van der Waals surface area contributed by atoms with E-state index in [4.69, 9.17) is 5.73 Å². The van der Waals surface area contributed by atoms with Crippen LogP contribution in [0.4, 0.5) is 0 Å². The van der Waals surface area contributed by atoms with Crippen molar-refractivity contribution in [2.45, 2.75) is 17.9 Å². The normalized spacial score (nSPS) is 12.7. The smallest absolute Gasteiger partial charge is 0.0101 e. The second-order valence-corrected chi connectivity index (χ2v) is 5.53. The number of hydrogen-bond acceptors (Lipinski definition) is 3. The van der Waals surface area contributed by atoms with Crippen LogP contribution >= 0.6 is 23.5 Å². The molecule has 0 aliphatic rings. The van der Waals surface area contributed by atoms with E-state index in [-0.39, 0.29) is 0 Å². The molecule has 1 atom stereocenters. The molecule has 1 rings (SSSR count). The minimum atomic E-state index is 0.321. The van der Waals surface area contributed by atoms with Crippen LogP contribution in [0.2, 0.25) is 0 Å². The van der Waals surface area contributed by atoms with Crippen molar-refractivity contribution in [2.24, 2.45) is 5.73 Å².